The van der Waals surface area contributed by atoms with E-state index in [1.54, 1.807) is 0 Å². The lowest BCUT2D eigenvalue weighted by Crippen LogP contribution is -2.24. The molecule has 0 aliphatic rings. The SMILES string of the molecule is Cc1cc(C)c(C(=O)C(F)(F)F)c(F)c1. The normalized spacial score (nSPS) is 11.6. The van der Waals surface area contributed by atoms with Gasteiger partial charge in [-0.3, -0.25) is 4.79 Å². The van der Waals surface area contributed by atoms with E-state index in [1.165, 1.54) is 19.9 Å². The Morgan fingerprint density at radius 2 is 1.73 bits per heavy atom. The number of aryl methyl sites for hydroxylation is 2. The molecule has 0 saturated heterocycles. The van der Waals surface area contributed by atoms with Crippen LogP contribution in [-0.2, 0) is 0 Å². The van der Waals surface area contributed by atoms with Crippen LogP contribution in [0.2, 0.25) is 0 Å². The highest BCUT2D eigenvalue weighted by molar-refractivity contribution is 6.01. The summed E-state index contributed by atoms with van der Waals surface area (Å²) in [6.07, 6.45) is -5.04. The molecule has 0 fully saturated rings. The first kappa shape index (κ1) is 11.7. The number of carbonyl (C=O) groups is 1. The Hall–Kier alpha value is -1.39. The highest BCUT2D eigenvalue weighted by Crippen LogP contribution is 2.26. The van der Waals surface area contributed by atoms with Gasteiger partial charge in [0.15, 0.2) is 0 Å². The molecule has 15 heavy (non-hydrogen) atoms. The monoisotopic (exact) mass is 220 g/mol. The third-order valence-corrected chi connectivity index (χ3v) is 1.92. The number of carbonyl (C=O) groups excluding carboxylic acids is 1. The Bertz CT molecular complexity index is 383. The number of hydrogen-bond donors (Lipinski definition) is 0. The van der Waals surface area contributed by atoms with Crippen LogP contribution in [0.5, 0.6) is 0 Å². The van der Waals surface area contributed by atoms with Crippen LogP contribution in [0.4, 0.5) is 17.6 Å². The molecule has 1 rings (SSSR count). The first-order valence-corrected chi connectivity index (χ1v) is 4.11. The number of Topliss-reactive ketones (excluding diaryl/α,β-unsaturated/α-hetero) is 1. The fourth-order valence-corrected chi connectivity index (χ4v) is 1.35. The summed E-state index contributed by atoms with van der Waals surface area (Å²) in [7, 11) is 0. The zero-order chi connectivity index (χ0) is 11.8. The second kappa shape index (κ2) is 3.64. The van der Waals surface area contributed by atoms with Crippen LogP contribution >= 0.6 is 0 Å². The van der Waals surface area contributed by atoms with Crippen molar-refractivity contribution in [1.29, 1.82) is 0 Å². The molecule has 0 saturated carbocycles. The lowest BCUT2D eigenvalue weighted by atomic mass is 10.0. The molecule has 0 radical (unpaired) electrons. The van der Waals surface area contributed by atoms with E-state index in [0.29, 0.717) is 5.56 Å². The minimum Gasteiger partial charge on any atom is -0.284 e. The van der Waals surface area contributed by atoms with Crippen LogP contribution in [0, 0.1) is 19.7 Å². The van der Waals surface area contributed by atoms with Crippen molar-refractivity contribution in [3.05, 3.63) is 34.6 Å². The number of halogens is 4. The van der Waals surface area contributed by atoms with Crippen LogP contribution in [0.1, 0.15) is 21.5 Å². The molecular weight excluding hydrogens is 212 g/mol. The molecule has 0 spiro atoms. The van der Waals surface area contributed by atoms with E-state index in [9.17, 15) is 22.4 Å². The molecule has 1 nitrogen and oxygen atoms in total. The predicted octanol–water partition coefficient (Wildman–Crippen LogP) is 3.19. The smallest absolute Gasteiger partial charge is 0.284 e. The number of ketones is 1. The van der Waals surface area contributed by atoms with Gasteiger partial charge in [0.05, 0.1) is 5.56 Å². The summed E-state index contributed by atoms with van der Waals surface area (Å²) < 4.78 is 49.4. The summed E-state index contributed by atoms with van der Waals surface area (Å²) in [6, 6.07) is 2.24. The molecule has 0 aromatic heterocycles. The van der Waals surface area contributed by atoms with E-state index >= 15 is 0 Å². The average molecular weight is 220 g/mol. The average Bonchev–Trinajstić information content (AvgIpc) is 1.99. The number of benzene rings is 1. The maximum atomic E-state index is 13.2. The van der Waals surface area contributed by atoms with Gasteiger partial charge in [-0.15, -0.1) is 0 Å². The van der Waals surface area contributed by atoms with Crippen molar-refractivity contribution < 1.29 is 22.4 Å². The van der Waals surface area contributed by atoms with E-state index in [1.807, 2.05) is 0 Å². The van der Waals surface area contributed by atoms with Gasteiger partial charge in [-0.05, 0) is 31.0 Å². The summed E-state index contributed by atoms with van der Waals surface area (Å²) in [6.45, 7) is 2.81. The van der Waals surface area contributed by atoms with Gasteiger partial charge in [0.2, 0.25) is 0 Å². The quantitative estimate of drug-likeness (QED) is 0.524. The zero-order valence-corrected chi connectivity index (χ0v) is 8.07. The van der Waals surface area contributed by atoms with Crippen LogP contribution in [0.25, 0.3) is 0 Å². The fraction of sp³-hybridized carbons (Fsp3) is 0.300. The van der Waals surface area contributed by atoms with E-state index < -0.39 is 23.3 Å². The summed E-state index contributed by atoms with van der Waals surface area (Å²) in [5, 5.41) is 0. The number of alkyl halides is 3. The van der Waals surface area contributed by atoms with Gasteiger partial charge in [-0.25, -0.2) is 4.39 Å². The standard InChI is InChI=1S/C10H8F4O/c1-5-3-6(2)8(7(11)4-5)9(15)10(12,13)14/h3-4H,1-2H3. The molecule has 0 unspecified atom stereocenters. The summed E-state index contributed by atoms with van der Waals surface area (Å²) in [5.41, 5.74) is -0.424. The molecule has 0 aliphatic carbocycles. The number of rotatable bonds is 1. The third-order valence-electron chi connectivity index (χ3n) is 1.92. The van der Waals surface area contributed by atoms with Gasteiger partial charge in [0.25, 0.3) is 5.78 Å². The van der Waals surface area contributed by atoms with Crippen LogP contribution in [-0.4, -0.2) is 12.0 Å². The second-order valence-corrected chi connectivity index (χ2v) is 3.27. The second-order valence-electron chi connectivity index (χ2n) is 3.27. The van der Waals surface area contributed by atoms with Gasteiger partial charge >= 0.3 is 6.18 Å². The largest absolute Gasteiger partial charge is 0.454 e. The van der Waals surface area contributed by atoms with E-state index in [0.717, 1.165) is 6.07 Å². The van der Waals surface area contributed by atoms with Crippen molar-refractivity contribution in [2.75, 3.05) is 0 Å². The summed E-state index contributed by atoms with van der Waals surface area (Å²) in [4.78, 5) is 10.9. The highest BCUT2D eigenvalue weighted by atomic mass is 19.4. The maximum Gasteiger partial charge on any atom is 0.454 e. The topological polar surface area (TPSA) is 17.1 Å². The highest BCUT2D eigenvalue weighted by Gasteiger charge is 2.41. The van der Waals surface area contributed by atoms with Crippen molar-refractivity contribution in [1.82, 2.24) is 0 Å². The van der Waals surface area contributed by atoms with E-state index in [2.05, 4.69) is 0 Å². The molecule has 0 bridgehead atoms. The Morgan fingerprint density at radius 3 is 2.13 bits per heavy atom. The van der Waals surface area contributed by atoms with Crippen LogP contribution in [0.15, 0.2) is 12.1 Å². The van der Waals surface area contributed by atoms with Gasteiger partial charge < -0.3 is 0 Å². The van der Waals surface area contributed by atoms with Crippen LogP contribution < -0.4 is 0 Å². The first-order chi connectivity index (χ1) is 6.73. The molecular formula is C10H8F4O. The lowest BCUT2D eigenvalue weighted by Gasteiger charge is -2.09. The minimum absolute atomic E-state index is 0.00479. The molecule has 1 aromatic rings. The lowest BCUT2D eigenvalue weighted by molar-refractivity contribution is -0.0888. The van der Waals surface area contributed by atoms with Gasteiger partial charge in [-0.2, -0.15) is 13.2 Å². The molecule has 82 valence electrons. The Morgan fingerprint density at radius 1 is 1.20 bits per heavy atom. The number of hydrogen-bond acceptors (Lipinski definition) is 1. The van der Waals surface area contributed by atoms with Crippen molar-refractivity contribution in [2.24, 2.45) is 0 Å². The van der Waals surface area contributed by atoms with E-state index in [4.69, 9.17) is 0 Å². The maximum absolute atomic E-state index is 13.2. The van der Waals surface area contributed by atoms with Crippen molar-refractivity contribution in [2.45, 2.75) is 20.0 Å². The summed E-state index contributed by atoms with van der Waals surface area (Å²) >= 11 is 0. The third kappa shape index (κ3) is 2.34. The van der Waals surface area contributed by atoms with E-state index in [-0.39, 0.29) is 5.56 Å². The van der Waals surface area contributed by atoms with Crippen LogP contribution in [0.3, 0.4) is 0 Å². The molecule has 0 atom stereocenters. The van der Waals surface area contributed by atoms with Crippen molar-refractivity contribution in [3.63, 3.8) is 0 Å². The van der Waals surface area contributed by atoms with Crippen molar-refractivity contribution >= 4 is 5.78 Å². The molecule has 0 aliphatic heterocycles. The molecule has 0 heterocycles. The van der Waals surface area contributed by atoms with Gasteiger partial charge in [0, 0.05) is 0 Å². The van der Waals surface area contributed by atoms with Crippen molar-refractivity contribution in [3.8, 4) is 0 Å². The molecule has 0 N–H and O–H groups in total. The minimum atomic E-state index is -5.04. The Labute approximate surface area is 83.7 Å². The summed E-state index contributed by atoms with van der Waals surface area (Å²) in [5.74, 6) is -3.27. The first-order valence-electron chi connectivity index (χ1n) is 4.11. The zero-order valence-electron chi connectivity index (χ0n) is 8.07. The molecule has 0 amide bonds. The van der Waals surface area contributed by atoms with Gasteiger partial charge in [-0.1, -0.05) is 6.07 Å². The Balaban J connectivity index is 3.33. The Kier molecular flexibility index (Phi) is 2.83. The fourth-order valence-electron chi connectivity index (χ4n) is 1.35. The molecule has 1 aromatic carbocycles. The van der Waals surface area contributed by atoms with Gasteiger partial charge in [0.1, 0.15) is 5.82 Å². The predicted molar refractivity (Wildman–Crippen MR) is 46.3 cm³/mol. The molecule has 5 heteroatoms.